The van der Waals surface area contributed by atoms with E-state index in [-0.39, 0.29) is 17.9 Å². The number of carbonyl (C=O) groups excluding carboxylic acids is 1. The second kappa shape index (κ2) is 5.62. The molecule has 1 aromatic heterocycles. The van der Waals surface area contributed by atoms with Crippen molar-refractivity contribution >= 4 is 23.3 Å². The van der Waals surface area contributed by atoms with Crippen LogP contribution < -0.4 is 4.90 Å². The molecule has 0 bridgehead atoms. The molecule has 2 aromatic rings. The van der Waals surface area contributed by atoms with E-state index in [1.165, 1.54) is 0 Å². The van der Waals surface area contributed by atoms with E-state index >= 15 is 0 Å². The van der Waals surface area contributed by atoms with Crippen LogP contribution in [0.5, 0.6) is 0 Å². The van der Waals surface area contributed by atoms with Crippen LogP contribution in [0.4, 0.5) is 5.82 Å². The van der Waals surface area contributed by atoms with Crippen LogP contribution in [-0.4, -0.2) is 22.5 Å². The van der Waals surface area contributed by atoms with Gasteiger partial charge in [0.2, 0.25) is 5.91 Å². The Balaban J connectivity index is 1.93. The van der Waals surface area contributed by atoms with E-state index in [2.05, 4.69) is 11.5 Å². The minimum atomic E-state index is 0.0427. The van der Waals surface area contributed by atoms with Crippen molar-refractivity contribution in [3.8, 4) is 11.4 Å². The van der Waals surface area contributed by atoms with Crippen LogP contribution in [0.25, 0.3) is 11.4 Å². The van der Waals surface area contributed by atoms with E-state index in [1.807, 2.05) is 38.2 Å². The van der Waals surface area contributed by atoms with E-state index < -0.39 is 0 Å². The van der Waals surface area contributed by atoms with Crippen LogP contribution >= 0.6 is 11.6 Å². The molecule has 0 N–H and O–H groups in total. The molecule has 0 saturated heterocycles. The molecule has 3 atom stereocenters. The lowest BCUT2D eigenvalue weighted by Crippen LogP contribution is -2.46. The maximum absolute atomic E-state index is 12.9. The van der Waals surface area contributed by atoms with Crippen molar-refractivity contribution in [3.05, 3.63) is 35.0 Å². The maximum Gasteiger partial charge on any atom is 0.233 e. The van der Waals surface area contributed by atoms with Gasteiger partial charge in [-0.25, -0.2) is 4.98 Å². The first-order valence-corrected chi connectivity index (χ1v) is 8.98. The molecule has 1 aromatic carbocycles. The zero-order valence-corrected chi connectivity index (χ0v) is 15.0. The number of fused-ring (bicyclic) bond motifs is 3. The first-order chi connectivity index (χ1) is 11.5. The van der Waals surface area contributed by atoms with Gasteiger partial charge in [-0.05, 0) is 44.2 Å². The lowest BCUT2D eigenvalue weighted by molar-refractivity contribution is -0.126. The first-order valence-electron chi connectivity index (χ1n) is 8.60. The predicted molar refractivity (Wildman–Crippen MR) is 96.4 cm³/mol. The van der Waals surface area contributed by atoms with Gasteiger partial charge >= 0.3 is 0 Å². The van der Waals surface area contributed by atoms with Crippen molar-refractivity contribution in [2.24, 2.45) is 11.8 Å². The third-order valence-electron chi connectivity index (χ3n) is 5.54. The highest BCUT2D eigenvalue weighted by molar-refractivity contribution is 6.33. The van der Waals surface area contributed by atoms with Crippen molar-refractivity contribution in [1.82, 2.24) is 9.55 Å². The molecular weight excluding hydrogens is 322 g/mol. The van der Waals surface area contributed by atoms with Crippen molar-refractivity contribution < 1.29 is 4.79 Å². The van der Waals surface area contributed by atoms with E-state index in [9.17, 15) is 4.79 Å². The monoisotopic (exact) mass is 343 g/mol. The molecule has 24 heavy (non-hydrogen) atoms. The number of imidazole rings is 1. The van der Waals surface area contributed by atoms with E-state index in [0.29, 0.717) is 10.9 Å². The fourth-order valence-corrected chi connectivity index (χ4v) is 4.60. The van der Waals surface area contributed by atoms with Crippen LogP contribution in [0.3, 0.4) is 0 Å². The Kier molecular flexibility index (Phi) is 3.68. The summed E-state index contributed by atoms with van der Waals surface area (Å²) >= 11 is 6.44. The normalized spacial score (nSPS) is 26.2. The zero-order valence-electron chi connectivity index (χ0n) is 14.3. The molecule has 1 aliphatic carbocycles. The number of rotatable bonds is 1. The number of halogens is 1. The first kappa shape index (κ1) is 15.7. The van der Waals surface area contributed by atoms with Crippen LogP contribution in [0.1, 0.15) is 37.9 Å². The number of carbonyl (C=O) groups is 1. The Morgan fingerprint density at radius 3 is 2.75 bits per heavy atom. The minimum Gasteiger partial charge on any atom is -0.306 e. The molecule has 3 unspecified atom stereocenters. The summed E-state index contributed by atoms with van der Waals surface area (Å²) in [6.07, 6.45) is 3.12. The van der Waals surface area contributed by atoms with E-state index in [0.717, 1.165) is 42.2 Å². The van der Waals surface area contributed by atoms with Crippen LogP contribution in [0.2, 0.25) is 5.02 Å². The minimum absolute atomic E-state index is 0.0427. The molecule has 1 aliphatic heterocycles. The van der Waals surface area contributed by atoms with Crippen molar-refractivity contribution in [3.63, 3.8) is 0 Å². The lowest BCUT2D eigenvalue weighted by atomic mass is 9.77. The summed E-state index contributed by atoms with van der Waals surface area (Å²) in [5, 5.41) is 0.700. The number of benzene rings is 1. The topological polar surface area (TPSA) is 38.1 Å². The van der Waals surface area contributed by atoms with Crippen molar-refractivity contribution in [2.45, 2.75) is 39.2 Å². The second-order valence-electron chi connectivity index (χ2n) is 7.18. The smallest absolute Gasteiger partial charge is 0.233 e. The van der Waals surface area contributed by atoms with Crippen LogP contribution in [0, 0.1) is 18.8 Å². The Hall–Kier alpha value is -1.81. The van der Waals surface area contributed by atoms with Gasteiger partial charge in [0.25, 0.3) is 0 Å². The van der Waals surface area contributed by atoms with Gasteiger partial charge in [0, 0.05) is 18.7 Å². The highest BCUT2D eigenvalue weighted by Gasteiger charge is 2.44. The molecule has 5 heteroatoms. The number of hydrogen-bond donors (Lipinski definition) is 0. The molecule has 1 fully saturated rings. The average molecular weight is 344 g/mol. The average Bonchev–Trinajstić information content (AvgIpc) is 2.90. The molecule has 4 nitrogen and oxygen atoms in total. The summed E-state index contributed by atoms with van der Waals surface area (Å²) in [5.41, 5.74) is 1.83. The van der Waals surface area contributed by atoms with Crippen LogP contribution in [0.15, 0.2) is 24.3 Å². The van der Waals surface area contributed by atoms with Gasteiger partial charge in [-0.3, -0.25) is 9.69 Å². The number of aryl methyl sites for hydroxylation is 1. The summed E-state index contributed by atoms with van der Waals surface area (Å²) in [6.45, 7) is 4.22. The van der Waals surface area contributed by atoms with Gasteiger partial charge < -0.3 is 4.57 Å². The summed E-state index contributed by atoms with van der Waals surface area (Å²) in [6, 6.07) is 8.00. The lowest BCUT2D eigenvalue weighted by Gasteiger charge is -2.42. The van der Waals surface area contributed by atoms with Gasteiger partial charge in [-0.15, -0.1) is 0 Å². The van der Waals surface area contributed by atoms with E-state index in [1.54, 1.807) is 4.90 Å². The quantitative estimate of drug-likeness (QED) is 0.766. The third-order valence-corrected chi connectivity index (χ3v) is 5.87. The van der Waals surface area contributed by atoms with Crippen molar-refractivity contribution in [1.29, 1.82) is 0 Å². The number of nitrogens with zero attached hydrogens (tertiary/aromatic N) is 3. The summed E-state index contributed by atoms with van der Waals surface area (Å²) in [4.78, 5) is 19.5. The highest BCUT2D eigenvalue weighted by Crippen LogP contribution is 2.47. The largest absolute Gasteiger partial charge is 0.306 e. The fourth-order valence-electron chi connectivity index (χ4n) is 4.38. The molecule has 1 saturated carbocycles. The highest BCUT2D eigenvalue weighted by atomic mass is 35.5. The third kappa shape index (κ3) is 2.20. The summed E-state index contributed by atoms with van der Waals surface area (Å²) < 4.78 is 2.27. The summed E-state index contributed by atoms with van der Waals surface area (Å²) in [7, 11) is 1.87. The Morgan fingerprint density at radius 1 is 1.25 bits per heavy atom. The number of aromatic nitrogens is 2. The standard InChI is InChI=1S/C19H22ClN3O/c1-11-8-9-16-14(10-11)19(24)22(3)18-12(2)21-17(23(16)18)13-6-4-5-7-15(13)20/h4-7,11,14,16H,8-10H2,1-3H3. The van der Waals surface area contributed by atoms with Gasteiger partial charge in [-0.2, -0.15) is 0 Å². The molecule has 1 amide bonds. The number of amides is 1. The van der Waals surface area contributed by atoms with Gasteiger partial charge in [0.05, 0.1) is 16.6 Å². The SMILES string of the molecule is Cc1nc(-c2ccccc2Cl)n2c1N(C)C(=O)C1CC(C)CCC12. The number of anilines is 1. The molecule has 2 aliphatic rings. The molecule has 0 spiro atoms. The zero-order chi connectivity index (χ0) is 17.0. The molecular formula is C19H22ClN3O. The number of hydrogen-bond acceptors (Lipinski definition) is 2. The fraction of sp³-hybridized carbons (Fsp3) is 0.474. The van der Waals surface area contributed by atoms with Crippen molar-refractivity contribution in [2.75, 3.05) is 11.9 Å². The van der Waals surface area contributed by atoms with Crippen LogP contribution in [-0.2, 0) is 4.79 Å². The Bertz CT molecular complexity index is 813. The Morgan fingerprint density at radius 2 is 2.00 bits per heavy atom. The van der Waals surface area contributed by atoms with Gasteiger partial charge in [0.15, 0.2) is 0 Å². The van der Waals surface area contributed by atoms with Gasteiger partial charge in [0.1, 0.15) is 11.6 Å². The maximum atomic E-state index is 12.9. The molecule has 2 heterocycles. The predicted octanol–water partition coefficient (Wildman–Crippen LogP) is 4.47. The van der Waals surface area contributed by atoms with Gasteiger partial charge in [-0.1, -0.05) is 30.7 Å². The second-order valence-corrected chi connectivity index (χ2v) is 7.59. The molecule has 0 radical (unpaired) electrons. The molecule has 126 valence electrons. The molecule has 4 rings (SSSR count). The Labute approximate surface area is 147 Å². The van der Waals surface area contributed by atoms with E-state index in [4.69, 9.17) is 16.6 Å². The summed E-state index contributed by atoms with van der Waals surface area (Å²) in [5.74, 6) is 2.68.